The van der Waals surface area contributed by atoms with E-state index in [1.165, 1.54) is 31.4 Å². The maximum atomic E-state index is 6.08. The first-order valence-corrected chi connectivity index (χ1v) is 18.3. The molecule has 0 atom stereocenters. The summed E-state index contributed by atoms with van der Waals surface area (Å²) in [7, 11) is -1.22. The highest BCUT2D eigenvalue weighted by Gasteiger charge is 2.63. The molecule has 0 radical (unpaired) electrons. The number of halogens is 1. The highest BCUT2D eigenvalue weighted by atomic mass is 79.9. The van der Waals surface area contributed by atoms with Gasteiger partial charge in [0.05, 0.1) is 33.6 Å². The Balaban J connectivity index is 0.000000146. The topological polar surface area (TPSA) is 79.4 Å². The molecule has 2 aliphatic carbocycles. The summed E-state index contributed by atoms with van der Waals surface area (Å²) in [5, 5.41) is 6.94. The number of anilines is 2. The lowest BCUT2D eigenvalue weighted by atomic mass is 9.49. The lowest BCUT2D eigenvalue weighted by Crippen LogP contribution is -2.41. The number of hydrogen-bond acceptors (Lipinski definition) is 8. The molecule has 2 saturated carbocycles. The highest BCUT2D eigenvalue weighted by molar-refractivity contribution is 9.10. The molecule has 0 bridgehead atoms. The van der Waals surface area contributed by atoms with Crippen molar-refractivity contribution in [1.29, 1.82) is 0 Å². The van der Waals surface area contributed by atoms with Crippen molar-refractivity contribution in [3.05, 3.63) is 53.0 Å². The van der Waals surface area contributed by atoms with Crippen LogP contribution in [0.4, 0.5) is 11.4 Å². The second kappa shape index (κ2) is 13.6. The van der Waals surface area contributed by atoms with Crippen LogP contribution in [-0.2, 0) is 27.9 Å². The van der Waals surface area contributed by atoms with Crippen molar-refractivity contribution in [3.63, 3.8) is 0 Å². The quantitative estimate of drug-likeness (QED) is 0.292. The first-order chi connectivity index (χ1) is 22.1. The fourth-order valence-electron chi connectivity index (χ4n) is 5.26. The van der Waals surface area contributed by atoms with E-state index in [0.717, 1.165) is 21.7 Å². The standard InChI is InChI=1S/C15H22BNO2.C12H24B2O4.C9H10BrN/c1-14(2)15(3,4)19-16(18-14)11-6-5-7-13(10-11)17-12-8-9-12;1-9(2)10(3,4)16-13(15-9)14-17-11(5,6)12(7,8)18-14;10-7-2-1-3-9(6-7)11-8-4-5-8/h5-7,10,12,17H,8-9H2,1-4H3;1-8H3;1-3,6,8,11H,4-5H2. The van der Waals surface area contributed by atoms with Gasteiger partial charge in [0.15, 0.2) is 0 Å². The van der Waals surface area contributed by atoms with Gasteiger partial charge in [0, 0.05) is 27.9 Å². The van der Waals surface area contributed by atoms with E-state index in [2.05, 4.69) is 96.7 Å². The van der Waals surface area contributed by atoms with Crippen molar-refractivity contribution in [2.24, 2.45) is 0 Å². The molecule has 0 aromatic heterocycles. The average Bonchev–Trinajstić information content (AvgIpc) is 3.88. The zero-order chi connectivity index (χ0) is 35.3. The van der Waals surface area contributed by atoms with Crippen LogP contribution in [0.3, 0.4) is 0 Å². The summed E-state index contributed by atoms with van der Waals surface area (Å²) in [5.41, 5.74) is 1.47. The molecular weight excluding hydrogens is 669 g/mol. The molecule has 2 aromatic rings. The lowest BCUT2D eigenvalue weighted by molar-refractivity contribution is 0.00578. The third-order valence-corrected chi connectivity index (χ3v) is 11.4. The molecule has 7 rings (SSSR count). The molecule has 12 heteroatoms. The molecule has 3 heterocycles. The van der Waals surface area contributed by atoms with Crippen molar-refractivity contribution in [3.8, 4) is 0 Å². The van der Waals surface area contributed by atoms with Gasteiger partial charge in [0.1, 0.15) is 0 Å². The molecule has 5 fully saturated rings. The largest absolute Gasteiger partial charge is 0.494 e. The molecular formula is C36H56B3BrN2O6. The SMILES string of the molecule is Brc1cccc(NC2CC2)c1.CC1(C)OB(B2OC(C)(C)C(C)(C)O2)OC1(C)C.CC1(C)OB(c2cccc(NC3CC3)c2)OC1(C)C. The summed E-state index contributed by atoms with van der Waals surface area (Å²) in [4.78, 5) is 0. The molecule has 8 nitrogen and oxygen atoms in total. The summed E-state index contributed by atoms with van der Waals surface area (Å²) < 4.78 is 37.1. The molecule has 2 aromatic carbocycles. The van der Waals surface area contributed by atoms with E-state index in [1.807, 2.05) is 61.5 Å². The summed E-state index contributed by atoms with van der Waals surface area (Å²) in [6.45, 7) is 24.5. The minimum absolute atomic E-state index is 0.272. The van der Waals surface area contributed by atoms with Crippen LogP contribution in [0.15, 0.2) is 53.0 Å². The number of nitrogens with one attached hydrogen (secondary N) is 2. The molecule has 262 valence electrons. The minimum Gasteiger partial charge on any atom is -0.405 e. The van der Waals surface area contributed by atoms with Crippen LogP contribution in [0.2, 0.25) is 0 Å². The van der Waals surface area contributed by atoms with E-state index < -0.39 is 14.0 Å². The maximum absolute atomic E-state index is 6.08. The lowest BCUT2D eigenvalue weighted by Gasteiger charge is -2.32. The maximum Gasteiger partial charge on any atom is 0.494 e. The normalized spacial score (nSPS) is 25.5. The minimum atomic E-state index is -0.476. The van der Waals surface area contributed by atoms with E-state index in [-0.39, 0.29) is 40.7 Å². The van der Waals surface area contributed by atoms with Crippen LogP contribution in [0.25, 0.3) is 0 Å². The zero-order valence-electron chi connectivity index (χ0n) is 31.2. The van der Waals surface area contributed by atoms with Gasteiger partial charge in [-0.3, -0.25) is 0 Å². The fraction of sp³-hybridized carbons (Fsp3) is 0.667. The van der Waals surface area contributed by atoms with Crippen molar-refractivity contribution in [1.82, 2.24) is 0 Å². The van der Waals surface area contributed by atoms with Crippen molar-refractivity contribution in [2.75, 3.05) is 10.6 Å². The van der Waals surface area contributed by atoms with Gasteiger partial charge in [-0.25, -0.2) is 0 Å². The van der Waals surface area contributed by atoms with Gasteiger partial charge in [-0.2, -0.15) is 0 Å². The Morgan fingerprint density at radius 3 is 1.25 bits per heavy atom. The van der Waals surface area contributed by atoms with E-state index in [1.54, 1.807) is 0 Å². The summed E-state index contributed by atoms with van der Waals surface area (Å²) >= 11 is 3.43. The molecule has 3 saturated heterocycles. The molecule has 0 spiro atoms. The smallest absolute Gasteiger partial charge is 0.405 e. The molecule has 3 aliphatic heterocycles. The van der Waals surface area contributed by atoms with Crippen molar-refractivity contribution in [2.45, 2.75) is 154 Å². The van der Waals surface area contributed by atoms with E-state index in [4.69, 9.17) is 27.9 Å². The van der Waals surface area contributed by atoms with Crippen molar-refractivity contribution < 1.29 is 27.9 Å². The van der Waals surface area contributed by atoms with Gasteiger partial charge in [0.2, 0.25) is 0 Å². The summed E-state index contributed by atoms with van der Waals surface area (Å²) in [5.74, 6) is 0. The van der Waals surface area contributed by atoms with Gasteiger partial charge in [-0.15, -0.1) is 0 Å². The Morgan fingerprint density at radius 2 is 0.875 bits per heavy atom. The van der Waals surface area contributed by atoms with Gasteiger partial charge in [-0.1, -0.05) is 34.1 Å². The second-order valence-corrected chi connectivity index (χ2v) is 17.7. The Hall–Kier alpha value is -1.53. The van der Waals surface area contributed by atoms with Gasteiger partial charge >= 0.3 is 21.1 Å². The van der Waals surface area contributed by atoms with Crippen LogP contribution >= 0.6 is 15.9 Å². The number of benzene rings is 2. The van der Waals surface area contributed by atoms with Crippen molar-refractivity contribution >= 4 is 53.9 Å². The van der Waals surface area contributed by atoms with Gasteiger partial charge in [-0.05, 0) is 145 Å². The average molecular weight is 725 g/mol. The summed E-state index contributed by atoms with van der Waals surface area (Å²) in [6.07, 6.45) is 5.21. The molecule has 0 unspecified atom stereocenters. The first-order valence-electron chi connectivity index (χ1n) is 17.6. The highest BCUT2D eigenvalue weighted by Crippen LogP contribution is 2.43. The Kier molecular flexibility index (Phi) is 10.6. The van der Waals surface area contributed by atoms with Gasteiger partial charge < -0.3 is 38.6 Å². The molecule has 2 N–H and O–H groups in total. The van der Waals surface area contributed by atoms with Crippen LogP contribution in [0, 0.1) is 0 Å². The summed E-state index contributed by atoms with van der Waals surface area (Å²) in [6, 6.07) is 18.1. The van der Waals surface area contributed by atoms with Crippen LogP contribution in [-0.4, -0.2) is 66.8 Å². The molecule has 0 amide bonds. The first kappa shape index (κ1) is 37.7. The third kappa shape index (κ3) is 8.85. The predicted octanol–water partition coefficient (Wildman–Crippen LogP) is 7.83. The second-order valence-electron chi connectivity index (χ2n) is 16.8. The fourth-order valence-corrected chi connectivity index (χ4v) is 5.66. The molecule has 48 heavy (non-hydrogen) atoms. The van der Waals surface area contributed by atoms with E-state index in [0.29, 0.717) is 6.04 Å². The molecule has 5 aliphatic rings. The monoisotopic (exact) mass is 724 g/mol. The van der Waals surface area contributed by atoms with E-state index >= 15 is 0 Å². The number of rotatable bonds is 6. The Morgan fingerprint density at radius 1 is 0.521 bits per heavy atom. The Labute approximate surface area is 299 Å². The predicted molar refractivity (Wildman–Crippen MR) is 202 cm³/mol. The van der Waals surface area contributed by atoms with Crippen LogP contribution < -0.4 is 16.1 Å². The third-order valence-electron chi connectivity index (χ3n) is 10.9. The van der Waals surface area contributed by atoms with E-state index in [9.17, 15) is 0 Å². The van der Waals surface area contributed by atoms with Crippen LogP contribution in [0.5, 0.6) is 0 Å². The number of hydrogen-bond donors (Lipinski definition) is 2. The Bertz CT molecular complexity index is 1350. The zero-order valence-corrected chi connectivity index (χ0v) is 32.7. The van der Waals surface area contributed by atoms with Crippen LogP contribution in [0.1, 0.15) is 109 Å². The van der Waals surface area contributed by atoms with Gasteiger partial charge in [0.25, 0.3) is 0 Å².